The highest BCUT2D eigenvalue weighted by Crippen LogP contribution is 2.25. The van der Waals surface area contributed by atoms with Crippen LogP contribution in [0.15, 0.2) is 30.3 Å². The van der Waals surface area contributed by atoms with Gasteiger partial charge in [0.1, 0.15) is 11.6 Å². The van der Waals surface area contributed by atoms with E-state index in [1.54, 1.807) is 0 Å². The molecule has 0 amide bonds. The van der Waals surface area contributed by atoms with Crippen molar-refractivity contribution >= 4 is 5.82 Å². The second-order valence-corrected chi connectivity index (χ2v) is 5.34. The molecule has 0 saturated heterocycles. The number of nitrogens with two attached hydrogens (primary N) is 2. The van der Waals surface area contributed by atoms with Crippen LogP contribution >= 0.6 is 0 Å². The van der Waals surface area contributed by atoms with Gasteiger partial charge in [-0.05, 0) is 11.5 Å². The third-order valence-electron chi connectivity index (χ3n) is 3.44. The predicted octanol–water partition coefficient (Wildman–Crippen LogP) is 2.65. The molecule has 0 bridgehead atoms. The molecule has 0 radical (unpaired) electrons. The van der Waals surface area contributed by atoms with Gasteiger partial charge in [-0.2, -0.15) is 0 Å². The number of aromatic nitrogens is 2. The summed E-state index contributed by atoms with van der Waals surface area (Å²) < 4.78 is 1.51. The highest BCUT2D eigenvalue weighted by molar-refractivity contribution is 5.40. The second-order valence-electron chi connectivity index (χ2n) is 5.34. The summed E-state index contributed by atoms with van der Waals surface area (Å²) in [4.78, 5) is 4.59. The summed E-state index contributed by atoms with van der Waals surface area (Å²) in [6, 6.07) is 10.4. The fraction of sp³-hybridized carbons (Fsp3) is 0.400. The molecule has 2 aromatic rings. The molecule has 0 fully saturated rings. The first-order chi connectivity index (χ1) is 9.00. The lowest BCUT2D eigenvalue weighted by Gasteiger charge is -2.10. The number of benzene rings is 1. The topological polar surface area (TPSA) is 69.9 Å². The molecule has 2 rings (SSSR count). The molecule has 0 aliphatic rings. The van der Waals surface area contributed by atoms with Crippen LogP contribution in [0.4, 0.5) is 5.82 Å². The normalized spacial score (nSPS) is 12.8. The highest BCUT2D eigenvalue weighted by atomic mass is 15.4. The average molecular weight is 258 g/mol. The first-order valence-electron chi connectivity index (χ1n) is 6.67. The highest BCUT2D eigenvalue weighted by Gasteiger charge is 2.17. The molecule has 1 atom stereocenters. The molecule has 0 aliphatic carbocycles. The van der Waals surface area contributed by atoms with Crippen LogP contribution in [-0.4, -0.2) is 9.66 Å². The summed E-state index contributed by atoms with van der Waals surface area (Å²) in [7, 11) is 0. The van der Waals surface area contributed by atoms with Crippen molar-refractivity contribution in [3.8, 4) is 0 Å². The van der Waals surface area contributed by atoms with Crippen LogP contribution in [0.1, 0.15) is 49.7 Å². The third kappa shape index (κ3) is 2.72. The fourth-order valence-corrected chi connectivity index (χ4v) is 2.26. The Hall–Kier alpha value is -1.97. The predicted molar refractivity (Wildman–Crippen MR) is 79.4 cm³/mol. The van der Waals surface area contributed by atoms with Gasteiger partial charge >= 0.3 is 0 Å². The van der Waals surface area contributed by atoms with Crippen molar-refractivity contribution in [1.29, 1.82) is 0 Å². The number of rotatable bonds is 4. The molecular formula is C15H22N4. The van der Waals surface area contributed by atoms with Crippen molar-refractivity contribution in [2.75, 3.05) is 11.6 Å². The standard InChI is InChI=1S/C15H22N4/c1-10(2)15-18-13(14(16)19(15)17)9-11(3)12-7-5-4-6-8-12/h4-8,10-11H,9,16-17H2,1-3H3. The summed E-state index contributed by atoms with van der Waals surface area (Å²) in [6.07, 6.45) is 0.805. The maximum absolute atomic E-state index is 6.04. The van der Waals surface area contributed by atoms with E-state index in [9.17, 15) is 0 Å². The van der Waals surface area contributed by atoms with E-state index < -0.39 is 0 Å². The number of hydrogen-bond donors (Lipinski definition) is 2. The zero-order valence-electron chi connectivity index (χ0n) is 11.8. The van der Waals surface area contributed by atoms with Gasteiger partial charge < -0.3 is 11.6 Å². The van der Waals surface area contributed by atoms with Crippen LogP contribution in [0.5, 0.6) is 0 Å². The zero-order valence-corrected chi connectivity index (χ0v) is 11.8. The minimum Gasteiger partial charge on any atom is -0.382 e. The molecule has 102 valence electrons. The van der Waals surface area contributed by atoms with Crippen LogP contribution in [0.25, 0.3) is 0 Å². The lowest BCUT2D eigenvalue weighted by atomic mass is 9.96. The molecule has 4 heteroatoms. The Balaban J connectivity index is 2.22. The van der Waals surface area contributed by atoms with Crippen LogP contribution in [0, 0.1) is 0 Å². The molecule has 4 N–H and O–H groups in total. The lowest BCUT2D eigenvalue weighted by molar-refractivity contribution is 0.722. The summed E-state index contributed by atoms with van der Waals surface area (Å²) >= 11 is 0. The zero-order chi connectivity index (χ0) is 14.0. The van der Waals surface area contributed by atoms with Gasteiger partial charge in [-0.1, -0.05) is 51.1 Å². The van der Waals surface area contributed by atoms with E-state index in [4.69, 9.17) is 11.6 Å². The number of anilines is 1. The summed E-state index contributed by atoms with van der Waals surface area (Å²) in [6.45, 7) is 6.31. The quantitative estimate of drug-likeness (QED) is 0.828. The Morgan fingerprint density at radius 3 is 2.32 bits per heavy atom. The van der Waals surface area contributed by atoms with E-state index in [2.05, 4.69) is 50.0 Å². The van der Waals surface area contributed by atoms with Gasteiger partial charge in [0.15, 0.2) is 0 Å². The minimum absolute atomic E-state index is 0.271. The summed E-state index contributed by atoms with van der Waals surface area (Å²) in [5, 5.41) is 0. The number of nitrogen functional groups attached to an aromatic ring is 2. The maximum Gasteiger partial charge on any atom is 0.146 e. The Labute approximate surface area is 114 Å². The van der Waals surface area contributed by atoms with Crippen molar-refractivity contribution in [3.05, 3.63) is 47.4 Å². The van der Waals surface area contributed by atoms with E-state index in [-0.39, 0.29) is 5.92 Å². The number of nitrogens with zero attached hydrogens (tertiary/aromatic N) is 2. The molecule has 4 nitrogen and oxygen atoms in total. The second kappa shape index (κ2) is 5.34. The van der Waals surface area contributed by atoms with Crippen molar-refractivity contribution in [2.24, 2.45) is 0 Å². The Kier molecular flexibility index (Phi) is 3.79. The minimum atomic E-state index is 0.271. The van der Waals surface area contributed by atoms with Crippen LogP contribution in [-0.2, 0) is 6.42 Å². The molecule has 19 heavy (non-hydrogen) atoms. The first-order valence-corrected chi connectivity index (χ1v) is 6.67. The van der Waals surface area contributed by atoms with Crippen molar-refractivity contribution in [2.45, 2.75) is 39.0 Å². The van der Waals surface area contributed by atoms with Gasteiger partial charge in [-0.3, -0.25) is 0 Å². The van der Waals surface area contributed by atoms with E-state index >= 15 is 0 Å². The van der Waals surface area contributed by atoms with Crippen molar-refractivity contribution in [3.63, 3.8) is 0 Å². The summed E-state index contributed by atoms with van der Waals surface area (Å²) in [5.74, 6) is 8.01. The monoisotopic (exact) mass is 258 g/mol. The maximum atomic E-state index is 6.04. The number of hydrogen-bond acceptors (Lipinski definition) is 3. The molecule has 1 aromatic heterocycles. The molecular weight excluding hydrogens is 236 g/mol. The molecule has 0 saturated carbocycles. The van der Waals surface area contributed by atoms with Crippen LogP contribution < -0.4 is 11.6 Å². The van der Waals surface area contributed by atoms with Gasteiger partial charge in [0.2, 0.25) is 0 Å². The summed E-state index contributed by atoms with van der Waals surface area (Å²) in [5.41, 5.74) is 8.23. The Morgan fingerprint density at radius 1 is 1.16 bits per heavy atom. The lowest BCUT2D eigenvalue weighted by Crippen LogP contribution is -2.16. The van der Waals surface area contributed by atoms with E-state index in [0.29, 0.717) is 11.7 Å². The van der Waals surface area contributed by atoms with Crippen molar-refractivity contribution < 1.29 is 0 Å². The van der Waals surface area contributed by atoms with E-state index in [1.165, 1.54) is 10.2 Å². The Bertz CT molecular complexity index is 543. The van der Waals surface area contributed by atoms with E-state index in [1.807, 2.05) is 6.07 Å². The Morgan fingerprint density at radius 2 is 1.79 bits per heavy atom. The molecule has 1 heterocycles. The van der Waals surface area contributed by atoms with Crippen LogP contribution in [0.2, 0.25) is 0 Å². The number of imidazole rings is 1. The molecule has 0 aliphatic heterocycles. The van der Waals surface area contributed by atoms with Crippen LogP contribution in [0.3, 0.4) is 0 Å². The fourth-order valence-electron chi connectivity index (χ4n) is 2.26. The van der Waals surface area contributed by atoms with Gasteiger partial charge in [0.05, 0.1) is 5.69 Å². The smallest absolute Gasteiger partial charge is 0.146 e. The van der Waals surface area contributed by atoms with Gasteiger partial charge in [-0.25, -0.2) is 9.66 Å². The first kappa shape index (κ1) is 13.5. The molecule has 0 spiro atoms. The van der Waals surface area contributed by atoms with E-state index in [0.717, 1.165) is 17.9 Å². The largest absolute Gasteiger partial charge is 0.382 e. The van der Waals surface area contributed by atoms with Gasteiger partial charge in [-0.15, -0.1) is 0 Å². The SMILES string of the molecule is CC(C)c1nc(CC(C)c2ccccc2)c(N)n1N. The van der Waals surface area contributed by atoms with Gasteiger partial charge in [0, 0.05) is 12.3 Å². The average Bonchev–Trinajstić information content (AvgIpc) is 2.68. The van der Waals surface area contributed by atoms with Crippen molar-refractivity contribution in [1.82, 2.24) is 9.66 Å². The molecule has 1 unspecified atom stereocenters. The molecule has 1 aromatic carbocycles. The third-order valence-corrected chi connectivity index (χ3v) is 3.44. The van der Waals surface area contributed by atoms with Gasteiger partial charge in [0.25, 0.3) is 0 Å².